The zero-order valence-electron chi connectivity index (χ0n) is 8.57. The van der Waals surface area contributed by atoms with Crippen molar-refractivity contribution in [2.45, 2.75) is 6.10 Å². The van der Waals surface area contributed by atoms with Crippen molar-refractivity contribution in [2.24, 2.45) is 0 Å². The van der Waals surface area contributed by atoms with Crippen LogP contribution in [0.25, 0.3) is 0 Å². The number of hydrogen-bond acceptors (Lipinski definition) is 2. The van der Waals surface area contributed by atoms with Crippen molar-refractivity contribution in [2.75, 3.05) is 0 Å². The highest BCUT2D eigenvalue weighted by atomic mass is 79.9. The van der Waals surface area contributed by atoms with Crippen LogP contribution in [0.4, 0.5) is 8.78 Å². The summed E-state index contributed by atoms with van der Waals surface area (Å²) in [5.74, 6) is -1.14. The molecule has 0 saturated heterocycles. The monoisotopic (exact) mass is 299 g/mol. The number of aliphatic hydroxyl groups excluding tert-OH is 1. The fraction of sp³-hybridized carbons (Fsp3) is 0.0833. The van der Waals surface area contributed by atoms with Crippen molar-refractivity contribution < 1.29 is 13.9 Å². The van der Waals surface area contributed by atoms with Gasteiger partial charge in [0.05, 0.1) is 10.7 Å². The Morgan fingerprint density at radius 2 is 2.00 bits per heavy atom. The Balaban J connectivity index is 2.44. The first-order valence-corrected chi connectivity index (χ1v) is 5.61. The molecule has 17 heavy (non-hydrogen) atoms. The molecule has 88 valence electrons. The third-order valence-corrected chi connectivity index (χ3v) is 2.93. The Kier molecular flexibility index (Phi) is 3.49. The quantitative estimate of drug-likeness (QED) is 0.924. The third kappa shape index (κ3) is 2.50. The summed E-state index contributed by atoms with van der Waals surface area (Å²) < 4.78 is 26.9. The van der Waals surface area contributed by atoms with Gasteiger partial charge in [-0.05, 0) is 28.1 Å². The van der Waals surface area contributed by atoms with Gasteiger partial charge in [-0.3, -0.25) is 4.98 Å². The van der Waals surface area contributed by atoms with Crippen molar-refractivity contribution in [3.8, 4) is 0 Å². The Bertz CT molecular complexity index is 548. The normalized spacial score (nSPS) is 12.5. The first-order chi connectivity index (χ1) is 8.09. The summed E-state index contributed by atoms with van der Waals surface area (Å²) in [7, 11) is 0. The SMILES string of the molecule is OC(c1cncc(F)c1)c1cccc(Br)c1F. The molecule has 5 heteroatoms. The fourth-order valence-electron chi connectivity index (χ4n) is 1.49. The number of pyridine rings is 1. The summed E-state index contributed by atoms with van der Waals surface area (Å²) in [4.78, 5) is 3.61. The predicted octanol–water partition coefficient (Wildman–Crippen LogP) is 3.20. The molecule has 0 radical (unpaired) electrons. The summed E-state index contributed by atoms with van der Waals surface area (Å²) in [5, 5.41) is 9.95. The molecule has 0 amide bonds. The summed E-state index contributed by atoms with van der Waals surface area (Å²) in [6, 6.07) is 5.68. The van der Waals surface area contributed by atoms with E-state index in [2.05, 4.69) is 20.9 Å². The van der Waals surface area contributed by atoms with E-state index in [4.69, 9.17) is 0 Å². The molecule has 2 aromatic rings. The molecule has 2 nitrogen and oxygen atoms in total. The Hall–Kier alpha value is -1.33. The maximum Gasteiger partial charge on any atom is 0.143 e. The molecular formula is C12H8BrF2NO. The van der Waals surface area contributed by atoms with Gasteiger partial charge in [0, 0.05) is 17.3 Å². The molecule has 0 bridgehead atoms. The highest BCUT2D eigenvalue weighted by Crippen LogP contribution is 2.27. The molecule has 0 fully saturated rings. The highest BCUT2D eigenvalue weighted by Gasteiger charge is 2.17. The molecule has 1 heterocycles. The van der Waals surface area contributed by atoms with E-state index < -0.39 is 17.7 Å². The van der Waals surface area contributed by atoms with Gasteiger partial charge in [-0.15, -0.1) is 0 Å². The van der Waals surface area contributed by atoms with E-state index in [-0.39, 0.29) is 15.6 Å². The fourth-order valence-corrected chi connectivity index (χ4v) is 1.87. The molecule has 0 saturated carbocycles. The van der Waals surface area contributed by atoms with Crippen LogP contribution < -0.4 is 0 Å². The molecule has 1 aromatic heterocycles. The summed E-state index contributed by atoms with van der Waals surface area (Å²) in [5.41, 5.74) is 0.286. The van der Waals surface area contributed by atoms with Gasteiger partial charge in [-0.2, -0.15) is 0 Å². The minimum Gasteiger partial charge on any atom is -0.383 e. The lowest BCUT2D eigenvalue weighted by Crippen LogP contribution is -2.04. The maximum atomic E-state index is 13.7. The number of halogens is 3. The predicted molar refractivity (Wildman–Crippen MR) is 62.4 cm³/mol. The number of nitrogens with zero attached hydrogens (tertiary/aromatic N) is 1. The van der Waals surface area contributed by atoms with Crippen molar-refractivity contribution >= 4 is 15.9 Å². The lowest BCUT2D eigenvalue weighted by atomic mass is 10.0. The molecule has 1 atom stereocenters. The highest BCUT2D eigenvalue weighted by molar-refractivity contribution is 9.10. The van der Waals surface area contributed by atoms with Crippen LogP contribution in [-0.2, 0) is 0 Å². The van der Waals surface area contributed by atoms with Crippen molar-refractivity contribution in [1.29, 1.82) is 0 Å². The molecule has 0 spiro atoms. The van der Waals surface area contributed by atoms with Gasteiger partial charge in [0.15, 0.2) is 0 Å². The van der Waals surface area contributed by atoms with E-state index in [1.54, 1.807) is 6.07 Å². The second-order valence-electron chi connectivity index (χ2n) is 3.48. The van der Waals surface area contributed by atoms with Gasteiger partial charge in [0.25, 0.3) is 0 Å². The second kappa shape index (κ2) is 4.89. The molecule has 2 rings (SSSR count). The van der Waals surface area contributed by atoms with E-state index in [0.29, 0.717) is 0 Å². The minimum absolute atomic E-state index is 0.0757. The molecule has 1 unspecified atom stereocenters. The molecule has 0 aliphatic carbocycles. The lowest BCUT2D eigenvalue weighted by molar-refractivity contribution is 0.213. The lowest BCUT2D eigenvalue weighted by Gasteiger charge is -2.12. The number of rotatable bonds is 2. The van der Waals surface area contributed by atoms with Gasteiger partial charge in [-0.1, -0.05) is 12.1 Å². The number of benzene rings is 1. The molecule has 1 N–H and O–H groups in total. The van der Waals surface area contributed by atoms with Crippen LogP contribution >= 0.6 is 15.9 Å². The Labute approximate surface area is 105 Å². The van der Waals surface area contributed by atoms with Gasteiger partial charge in [-0.25, -0.2) is 8.78 Å². The number of aliphatic hydroxyl groups is 1. The van der Waals surface area contributed by atoms with Crippen molar-refractivity contribution in [1.82, 2.24) is 4.98 Å². The van der Waals surface area contributed by atoms with E-state index >= 15 is 0 Å². The van der Waals surface area contributed by atoms with Crippen LogP contribution in [0.2, 0.25) is 0 Å². The third-order valence-electron chi connectivity index (χ3n) is 2.32. The first-order valence-electron chi connectivity index (χ1n) is 4.82. The minimum atomic E-state index is -1.24. The van der Waals surface area contributed by atoms with Gasteiger partial charge >= 0.3 is 0 Å². The molecule has 1 aromatic carbocycles. The molecular weight excluding hydrogens is 292 g/mol. The summed E-state index contributed by atoms with van der Waals surface area (Å²) >= 11 is 3.03. The van der Waals surface area contributed by atoms with E-state index in [1.165, 1.54) is 18.3 Å². The topological polar surface area (TPSA) is 33.1 Å². The maximum absolute atomic E-state index is 13.7. The van der Waals surface area contributed by atoms with Crippen molar-refractivity contribution in [3.63, 3.8) is 0 Å². The smallest absolute Gasteiger partial charge is 0.143 e. The first kappa shape index (κ1) is 12.1. The molecule has 0 aliphatic heterocycles. The largest absolute Gasteiger partial charge is 0.383 e. The number of hydrogen-bond donors (Lipinski definition) is 1. The summed E-state index contributed by atoms with van der Waals surface area (Å²) in [6.07, 6.45) is 1.08. The standard InChI is InChI=1S/C12H8BrF2NO/c13-10-3-1-2-9(11(10)15)12(17)7-4-8(14)6-16-5-7/h1-6,12,17H. The average molecular weight is 300 g/mol. The Morgan fingerprint density at radius 3 is 2.71 bits per heavy atom. The van der Waals surface area contributed by atoms with E-state index in [9.17, 15) is 13.9 Å². The summed E-state index contributed by atoms with van der Waals surface area (Å²) in [6.45, 7) is 0. The van der Waals surface area contributed by atoms with Crippen LogP contribution in [0, 0.1) is 11.6 Å². The van der Waals surface area contributed by atoms with Crippen molar-refractivity contribution in [3.05, 3.63) is 63.9 Å². The van der Waals surface area contributed by atoms with E-state index in [1.807, 2.05) is 0 Å². The van der Waals surface area contributed by atoms with Gasteiger partial charge in [0.1, 0.15) is 17.7 Å². The Morgan fingerprint density at radius 1 is 1.24 bits per heavy atom. The zero-order valence-corrected chi connectivity index (χ0v) is 10.2. The zero-order chi connectivity index (χ0) is 12.4. The van der Waals surface area contributed by atoms with Crippen LogP contribution in [0.5, 0.6) is 0 Å². The van der Waals surface area contributed by atoms with Crippen LogP contribution in [0.3, 0.4) is 0 Å². The molecule has 0 aliphatic rings. The van der Waals surface area contributed by atoms with Crippen LogP contribution in [-0.4, -0.2) is 10.1 Å². The second-order valence-corrected chi connectivity index (χ2v) is 4.34. The van der Waals surface area contributed by atoms with Crippen LogP contribution in [0.15, 0.2) is 41.1 Å². The van der Waals surface area contributed by atoms with Gasteiger partial charge in [0.2, 0.25) is 0 Å². The van der Waals surface area contributed by atoms with E-state index in [0.717, 1.165) is 12.3 Å². The van der Waals surface area contributed by atoms with Gasteiger partial charge < -0.3 is 5.11 Å². The average Bonchev–Trinajstić information content (AvgIpc) is 2.32. The number of aromatic nitrogens is 1. The van der Waals surface area contributed by atoms with Crippen LogP contribution in [0.1, 0.15) is 17.2 Å².